The zero-order valence-corrected chi connectivity index (χ0v) is 18.3. The minimum absolute atomic E-state index is 0.0533. The number of ether oxygens (including phenoxy) is 1. The van der Waals surface area contributed by atoms with Crippen LogP contribution in [-0.4, -0.2) is 29.4 Å². The molecule has 1 aliphatic heterocycles. The number of nitrogens with zero attached hydrogens (tertiary/aromatic N) is 3. The molecule has 158 valence electrons. The van der Waals surface area contributed by atoms with Crippen LogP contribution in [0.4, 0.5) is 11.4 Å². The second-order valence-electron chi connectivity index (χ2n) is 7.47. The van der Waals surface area contributed by atoms with Gasteiger partial charge >= 0.3 is 0 Å². The molecule has 0 unspecified atom stereocenters. The van der Waals surface area contributed by atoms with Crippen molar-refractivity contribution in [2.45, 2.75) is 33.3 Å². The number of aryl methyl sites for hydroxylation is 1. The van der Waals surface area contributed by atoms with E-state index in [1.807, 2.05) is 13.0 Å². The number of anilines is 1. The summed E-state index contributed by atoms with van der Waals surface area (Å²) in [5.74, 6) is 0.402. The molecule has 0 bridgehead atoms. The Bertz CT molecular complexity index is 1320. The standard InChI is InChI=1S/C24H23ClN4O2/c1-14-9-22-17(11-21(14)26-3)24(18-13-29(15(2)30)8-7-20(18)28-22)27-12-16-5-6-23(31-4)19(25)10-16/h5-6,9-11H,7-8,12-13H2,1-2,4H3,(H,27,28)/i12D2. The van der Waals surface area contributed by atoms with Gasteiger partial charge < -0.3 is 15.0 Å². The topological polar surface area (TPSA) is 58.8 Å². The first kappa shape index (κ1) is 18.5. The Hall–Kier alpha value is -3.30. The highest BCUT2D eigenvalue weighted by Crippen LogP contribution is 2.36. The fraction of sp³-hybridized carbons (Fsp3) is 0.292. The number of fused-ring (bicyclic) bond motifs is 2. The van der Waals surface area contributed by atoms with Crippen molar-refractivity contribution in [3.8, 4) is 5.75 Å². The molecule has 2 aromatic carbocycles. The zero-order valence-electron chi connectivity index (χ0n) is 19.5. The van der Waals surface area contributed by atoms with E-state index in [4.69, 9.17) is 30.6 Å². The largest absolute Gasteiger partial charge is 0.495 e. The van der Waals surface area contributed by atoms with Gasteiger partial charge in [0.1, 0.15) is 5.75 Å². The second-order valence-corrected chi connectivity index (χ2v) is 7.88. The molecule has 2 heterocycles. The van der Waals surface area contributed by atoms with Crippen molar-refractivity contribution in [2.75, 3.05) is 19.0 Å². The molecule has 0 fully saturated rings. The van der Waals surface area contributed by atoms with Crippen LogP contribution in [0, 0.1) is 13.5 Å². The van der Waals surface area contributed by atoms with Gasteiger partial charge in [-0.25, -0.2) is 4.85 Å². The van der Waals surface area contributed by atoms with Gasteiger partial charge in [-0.2, -0.15) is 0 Å². The van der Waals surface area contributed by atoms with E-state index >= 15 is 0 Å². The molecule has 0 saturated heterocycles. The normalized spacial score (nSPS) is 14.4. The lowest BCUT2D eigenvalue weighted by Crippen LogP contribution is -2.35. The van der Waals surface area contributed by atoms with E-state index in [-0.39, 0.29) is 5.91 Å². The zero-order chi connectivity index (χ0) is 23.9. The van der Waals surface area contributed by atoms with Gasteiger partial charge in [0.2, 0.25) is 5.91 Å². The quantitative estimate of drug-likeness (QED) is 0.566. The lowest BCUT2D eigenvalue weighted by Gasteiger charge is -2.30. The number of benzene rings is 2. The summed E-state index contributed by atoms with van der Waals surface area (Å²) >= 11 is 6.25. The summed E-state index contributed by atoms with van der Waals surface area (Å²) < 4.78 is 22.8. The van der Waals surface area contributed by atoms with E-state index in [1.54, 1.807) is 23.1 Å². The van der Waals surface area contributed by atoms with Gasteiger partial charge in [-0.05, 0) is 42.3 Å². The van der Waals surface area contributed by atoms with Crippen molar-refractivity contribution in [2.24, 2.45) is 0 Å². The minimum Gasteiger partial charge on any atom is -0.495 e. The van der Waals surface area contributed by atoms with Crippen molar-refractivity contribution in [1.29, 1.82) is 0 Å². The van der Waals surface area contributed by atoms with Crippen LogP contribution in [-0.2, 0) is 24.3 Å². The fourth-order valence-electron chi connectivity index (χ4n) is 3.79. The molecule has 31 heavy (non-hydrogen) atoms. The molecule has 4 rings (SSSR count). The molecule has 0 radical (unpaired) electrons. The number of hydrogen-bond acceptors (Lipinski definition) is 4. The maximum atomic E-state index is 12.1. The number of nitrogens with one attached hydrogen (secondary N) is 1. The van der Waals surface area contributed by atoms with E-state index in [1.165, 1.54) is 20.1 Å². The Kier molecular flexibility index (Phi) is 5.03. The molecule has 7 heteroatoms. The molecule has 0 saturated carbocycles. The first-order valence-electron chi connectivity index (χ1n) is 10.9. The summed E-state index contributed by atoms with van der Waals surface area (Å²) in [6.07, 6.45) is 0.570. The highest BCUT2D eigenvalue weighted by atomic mass is 35.5. The van der Waals surface area contributed by atoms with Crippen LogP contribution in [0.25, 0.3) is 15.7 Å². The highest BCUT2D eigenvalue weighted by Gasteiger charge is 2.24. The van der Waals surface area contributed by atoms with E-state index in [0.29, 0.717) is 58.1 Å². The summed E-state index contributed by atoms with van der Waals surface area (Å²) in [6, 6.07) is 8.35. The fourth-order valence-corrected chi connectivity index (χ4v) is 4.05. The maximum Gasteiger partial charge on any atom is 0.219 e. The SMILES string of the molecule is [2H]C([2H])(Nc1c2c(nc3cc(C)c([N+]#[C-])cc13)CCN(C(C)=O)C2)c1ccc(OC)c(Cl)c1. The van der Waals surface area contributed by atoms with Crippen molar-refractivity contribution in [3.63, 3.8) is 0 Å². The van der Waals surface area contributed by atoms with E-state index in [2.05, 4.69) is 10.2 Å². The van der Waals surface area contributed by atoms with Crippen molar-refractivity contribution in [3.05, 3.63) is 69.2 Å². The third-order valence-corrected chi connectivity index (χ3v) is 5.80. The maximum absolute atomic E-state index is 12.1. The molecule has 3 aromatic rings. The predicted molar refractivity (Wildman–Crippen MR) is 123 cm³/mol. The summed E-state index contributed by atoms with van der Waals surface area (Å²) in [7, 11) is 1.50. The van der Waals surface area contributed by atoms with Crippen LogP contribution in [0.3, 0.4) is 0 Å². The lowest BCUT2D eigenvalue weighted by atomic mass is 9.98. The first-order valence-corrected chi connectivity index (χ1v) is 10.2. The molecular weight excluding hydrogens is 412 g/mol. The second kappa shape index (κ2) is 8.44. The van der Waals surface area contributed by atoms with Crippen LogP contribution >= 0.6 is 11.6 Å². The number of methoxy groups -OCH3 is 1. The molecule has 0 atom stereocenters. The molecule has 6 nitrogen and oxygen atoms in total. The Balaban J connectivity index is 1.90. The number of carbonyl (C=O) groups is 1. The molecule has 1 aromatic heterocycles. The third-order valence-electron chi connectivity index (χ3n) is 5.51. The van der Waals surface area contributed by atoms with Gasteiger partial charge in [-0.3, -0.25) is 9.78 Å². The number of rotatable bonds is 4. The van der Waals surface area contributed by atoms with Gasteiger partial charge in [-0.15, -0.1) is 0 Å². The Morgan fingerprint density at radius 3 is 2.90 bits per heavy atom. The van der Waals surface area contributed by atoms with Crippen LogP contribution in [0.15, 0.2) is 30.3 Å². The molecule has 1 aliphatic rings. The number of amides is 1. The number of carbonyl (C=O) groups excluding carboxylic acids is 1. The van der Waals surface area contributed by atoms with Crippen molar-refractivity contribution in [1.82, 2.24) is 9.88 Å². The lowest BCUT2D eigenvalue weighted by molar-refractivity contribution is -0.129. The number of hydrogen-bond donors (Lipinski definition) is 1. The predicted octanol–water partition coefficient (Wildman–Crippen LogP) is 5.27. The molecular formula is C24H23ClN4O2. The van der Waals surface area contributed by atoms with Gasteiger partial charge in [0.25, 0.3) is 0 Å². The van der Waals surface area contributed by atoms with Gasteiger partial charge in [0, 0.05) is 55.3 Å². The summed E-state index contributed by atoms with van der Waals surface area (Å²) in [5, 5.41) is 3.99. The minimum atomic E-state index is -2.00. The number of pyridine rings is 1. The molecule has 1 amide bonds. The number of aromatic nitrogens is 1. The Labute approximate surface area is 189 Å². The molecule has 0 aliphatic carbocycles. The van der Waals surface area contributed by atoms with Crippen LogP contribution < -0.4 is 10.1 Å². The van der Waals surface area contributed by atoms with Gasteiger partial charge in [0.15, 0.2) is 5.69 Å². The van der Waals surface area contributed by atoms with Crippen LogP contribution in [0.5, 0.6) is 5.75 Å². The first-order chi connectivity index (χ1) is 15.6. The molecule has 0 spiro atoms. The smallest absolute Gasteiger partial charge is 0.219 e. The molecule has 1 N–H and O–H groups in total. The van der Waals surface area contributed by atoms with Gasteiger partial charge in [-0.1, -0.05) is 17.7 Å². The van der Waals surface area contributed by atoms with Crippen molar-refractivity contribution >= 4 is 39.8 Å². The summed E-state index contributed by atoms with van der Waals surface area (Å²) in [4.78, 5) is 22.2. The highest BCUT2D eigenvalue weighted by molar-refractivity contribution is 6.32. The van der Waals surface area contributed by atoms with E-state index in [9.17, 15) is 4.79 Å². The average Bonchev–Trinajstić information content (AvgIpc) is 2.78. The third kappa shape index (κ3) is 4.01. The van der Waals surface area contributed by atoms with E-state index < -0.39 is 6.50 Å². The monoisotopic (exact) mass is 436 g/mol. The van der Waals surface area contributed by atoms with Crippen LogP contribution in [0.2, 0.25) is 5.02 Å². The summed E-state index contributed by atoms with van der Waals surface area (Å²) in [6.45, 7) is 9.76. The Morgan fingerprint density at radius 1 is 1.42 bits per heavy atom. The average molecular weight is 437 g/mol. The Morgan fingerprint density at radius 2 is 2.23 bits per heavy atom. The van der Waals surface area contributed by atoms with E-state index in [0.717, 1.165) is 16.8 Å². The van der Waals surface area contributed by atoms with Crippen LogP contribution in [0.1, 0.15) is 32.0 Å². The number of halogens is 1. The van der Waals surface area contributed by atoms with Gasteiger partial charge in [0.05, 0.1) is 27.0 Å². The summed E-state index contributed by atoms with van der Waals surface area (Å²) in [5.41, 5.74) is 4.39. The van der Waals surface area contributed by atoms with Crippen molar-refractivity contribution < 1.29 is 12.3 Å².